The van der Waals surface area contributed by atoms with Crippen molar-refractivity contribution >= 4 is 5.91 Å². The van der Waals surface area contributed by atoms with Crippen LogP contribution in [-0.4, -0.2) is 5.91 Å². The molecule has 3 rings (SSSR count). The van der Waals surface area contributed by atoms with Crippen LogP contribution < -0.4 is 5.32 Å². The van der Waals surface area contributed by atoms with Gasteiger partial charge in [-0.15, -0.1) is 0 Å². The van der Waals surface area contributed by atoms with E-state index in [2.05, 4.69) is 49.5 Å². The minimum absolute atomic E-state index is 0.0131. The molecule has 23 heavy (non-hydrogen) atoms. The van der Waals surface area contributed by atoms with E-state index in [1.165, 1.54) is 40.7 Å². The van der Waals surface area contributed by atoms with Crippen molar-refractivity contribution < 1.29 is 4.79 Å². The van der Waals surface area contributed by atoms with Gasteiger partial charge in [0.05, 0.1) is 6.04 Å². The molecular formula is C21H25NO. The molecule has 1 aliphatic carbocycles. The predicted molar refractivity (Wildman–Crippen MR) is 94.9 cm³/mol. The summed E-state index contributed by atoms with van der Waals surface area (Å²) >= 11 is 0. The molecule has 0 aliphatic heterocycles. The Labute approximate surface area is 138 Å². The van der Waals surface area contributed by atoms with Crippen molar-refractivity contribution in [2.45, 2.75) is 52.5 Å². The second-order valence-corrected chi connectivity index (χ2v) is 6.75. The van der Waals surface area contributed by atoms with Gasteiger partial charge in [-0.05, 0) is 80.8 Å². The van der Waals surface area contributed by atoms with Gasteiger partial charge in [-0.25, -0.2) is 0 Å². The molecule has 2 nitrogen and oxygen atoms in total. The maximum Gasteiger partial charge on any atom is 0.251 e. The first-order valence-corrected chi connectivity index (χ1v) is 8.54. The molecule has 1 unspecified atom stereocenters. The molecule has 2 heteroatoms. The maximum absolute atomic E-state index is 12.6. The predicted octanol–water partition coefficient (Wildman–Crippen LogP) is 4.67. The summed E-state index contributed by atoms with van der Waals surface area (Å²) < 4.78 is 0. The first-order chi connectivity index (χ1) is 11.0. The topological polar surface area (TPSA) is 29.1 Å². The number of benzene rings is 2. The number of rotatable bonds is 3. The van der Waals surface area contributed by atoms with Crippen LogP contribution in [0.1, 0.15) is 64.0 Å². The van der Waals surface area contributed by atoms with Gasteiger partial charge >= 0.3 is 0 Å². The van der Waals surface area contributed by atoms with Crippen molar-refractivity contribution in [2.24, 2.45) is 0 Å². The summed E-state index contributed by atoms with van der Waals surface area (Å²) in [5, 5.41) is 3.14. The van der Waals surface area contributed by atoms with Crippen LogP contribution in [0.25, 0.3) is 0 Å². The highest BCUT2D eigenvalue weighted by molar-refractivity contribution is 5.94. The fraction of sp³-hybridized carbons (Fsp3) is 0.381. The summed E-state index contributed by atoms with van der Waals surface area (Å²) in [4.78, 5) is 12.6. The van der Waals surface area contributed by atoms with Crippen molar-refractivity contribution in [3.05, 3.63) is 69.8 Å². The smallest absolute Gasteiger partial charge is 0.251 e. The lowest BCUT2D eigenvalue weighted by Crippen LogP contribution is -2.27. The van der Waals surface area contributed by atoms with Gasteiger partial charge in [0.15, 0.2) is 0 Å². The fourth-order valence-corrected chi connectivity index (χ4v) is 3.54. The minimum Gasteiger partial charge on any atom is -0.346 e. The molecule has 120 valence electrons. The van der Waals surface area contributed by atoms with Gasteiger partial charge in [-0.3, -0.25) is 4.79 Å². The number of hydrogen-bond donors (Lipinski definition) is 1. The zero-order valence-corrected chi connectivity index (χ0v) is 14.3. The average Bonchev–Trinajstić information content (AvgIpc) is 2.54. The number of nitrogens with one attached hydrogen (secondary N) is 1. The molecule has 0 saturated heterocycles. The second kappa shape index (κ2) is 6.57. The van der Waals surface area contributed by atoms with E-state index in [1.807, 2.05) is 13.0 Å². The van der Waals surface area contributed by atoms with Crippen molar-refractivity contribution in [3.8, 4) is 0 Å². The standard InChI is InChI=1S/C21H25NO/c1-14-8-11-20(15(2)12-14)16(3)22-21(23)19-10-9-17-6-4-5-7-18(17)13-19/h8-13,16H,4-7H2,1-3H3,(H,22,23). The Bertz CT molecular complexity index is 733. The van der Waals surface area contributed by atoms with Gasteiger partial charge in [0.1, 0.15) is 0 Å². The number of fused-ring (bicyclic) bond motifs is 1. The molecule has 0 spiro atoms. The third-order valence-corrected chi connectivity index (χ3v) is 4.85. The lowest BCUT2D eigenvalue weighted by Gasteiger charge is -2.19. The van der Waals surface area contributed by atoms with Crippen molar-refractivity contribution in [1.29, 1.82) is 0 Å². The monoisotopic (exact) mass is 307 g/mol. The summed E-state index contributed by atoms with van der Waals surface area (Å²) in [5.74, 6) is 0.0193. The summed E-state index contributed by atoms with van der Waals surface area (Å²) in [5.41, 5.74) is 7.20. The van der Waals surface area contributed by atoms with Gasteiger partial charge in [-0.1, -0.05) is 29.8 Å². The van der Waals surface area contributed by atoms with E-state index in [-0.39, 0.29) is 11.9 Å². The van der Waals surface area contributed by atoms with Crippen LogP contribution in [-0.2, 0) is 12.8 Å². The molecule has 0 fully saturated rings. The SMILES string of the molecule is Cc1ccc(C(C)NC(=O)c2ccc3c(c2)CCCC3)c(C)c1. The van der Waals surface area contributed by atoms with E-state index < -0.39 is 0 Å². The van der Waals surface area contributed by atoms with E-state index >= 15 is 0 Å². The van der Waals surface area contributed by atoms with Gasteiger partial charge in [0.25, 0.3) is 5.91 Å². The van der Waals surface area contributed by atoms with E-state index in [4.69, 9.17) is 0 Å². The molecule has 0 saturated carbocycles. The highest BCUT2D eigenvalue weighted by Crippen LogP contribution is 2.23. The van der Waals surface area contributed by atoms with Gasteiger partial charge < -0.3 is 5.32 Å². The van der Waals surface area contributed by atoms with Crippen molar-refractivity contribution in [3.63, 3.8) is 0 Å². The van der Waals surface area contributed by atoms with Crippen LogP contribution >= 0.6 is 0 Å². The third kappa shape index (κ3) is 3.47. The summed E-state index contributed by atoms with van der Waals surface area (Å²) in [6.07, 6.45) is 4.75. The largest absolute Gasteiger partial charge is 0.346 e. The van der Waals surface area contributed by atoms with Crippen LogP contribution in [0.4, 0.5) is 0 Å². The molecule has 0 heterocycles. The van der Waals surface area contributed by atoms with Crippen LogP contribution in [0.15, 0.2) is 36.4 Å². The number of amides is 1. The minimum atomic E-state index is 0.0131. The molecule has 0 radical (unpaired) electrons. The number of hydrogen-bond acceptors (Lipinski definition) is 1. The Balaban J connectivity index is 1.76. The van der Waals surface area contributed by atoms with E-state index in [9.17, 15) is 4.79 Å². The highest BCUT2D eigenvalue weighted by atomic mass is 16.1. The highest BCUT2D eigenvalue weighted by Gasteiger charge is 2.16. The van der Waals surface area contributed by atoms with Crippen molar-refractivity contribution in [1.82, 2.24) is 5.32 Å². The Kier molecular flexibility index (Phi) is 4.51. The van der Waals surface area contributed by atoms with E-state index in [1.54, 1.807) is 0 Å². The van der Waals surface area contributed by atoms with Gasteiger partial charge in [-0.2, -0.15) is 0 Å². The molecule has 2 aromatic carbocycles. The molecule has 2 aromatic rings. The molecule has 0 aromatic heterocycles. The second-order valence-electron chi connectivity index (χ2n) is 6.75. The number of aryl methyl sites for hydroxylation is 4. The zero-order chi connectivity index (χ0) is 16.4. The maximum atomic E-state index is 12.6. The lowest BCUT2D eigenvalue weighted by atomic mass is 9.90. The van der Waals surface area contributed by atoms with Crippen molar-refractivity contribution in [2.75, 3.05) is 0 Å². The fourth-order valence-electron chi connectivity index (χ4n) is 3.54. The zero-order valence-electron chi connectivity index (χ0n) is 14.3. The summed E-state index contributed by atoms with van der Waals surface area (Å²) in [6, 6.07) is 12.6. The van der Waals surface area contributed by atoms with E-state index in [0.29, 0.717) is 0 Å². The summed E-state index contributed by atoms with van der Waals surface area (Å²) in [7, 11) is 0. The Morgan fingerprint density at radius 1 is 1.00 bits per heavy atom. The van der Waals surface area contributed by atoms with Gasteiger partial charge in [0, 0.05) is 5.56 Å². The van der Waals surface area contributed by atoms with Crippen LogP contribution in [0.2, 0.25) is 0 Å². The number of carbonyl (C=O) groups is 1. The first kappa shape index (κ1) is 15.8. The average molecular weight is 307 g/mol. The molecule has 1 atom stereocenters. The van der Waals surface area contributed by atoms with Crippen LogP contribution in [0, 0.1) is 13.8 Å². The molecule has 1 amide bonds. The number of carbonyl (C=O) groups excluding carboxylic acids is 1. The van der Waals surface area contributed by atoms with E-state index in [0.717, 1.165) is 18.4 Å². The quantitative estimate of drug-likeness (QED) is 0.877. The normalized spacial score (nSPS) is 14.9. The molecule has 1 aliphatic rings. The van der Waals surface area contributed by atoms with Crippen LogP contribution in [0.5, 0.6) is 0 Å². The Morgan fingerprint density at radius 3 is 2.48 bits per heavy atom. The Hall–Kier alpha value is -2.09. The first-order valence-electron chi connectivity index (χ1n) is 8.54. The van der Waals surface area contributed by atoms with Gasteiger partial charge in [0.2, 0.25) is 0 Å². The molecular weight excluding hydrogens is 282 g/mol. The van der Waals surface area contributed by atoms with Crippen LogP contribution in [0.3, 0.4) is 0 Å². The molecule has 1 N–H and O–H groups in total. The molecule has 0 bridgehead atoms. The lowest BCUT2D eigenvalue weighted by molar-refractivity contribution is 0.0939. The Morgan fingerprint density at radius 2 is 1.74 bits per heavy atom. The third-order valence-electron chi connectivity index (χ3n) is 4.85. The summed E-state index contributed by atoms with van der Waals surface area (Å²) in [6.45, 7) is 6.24.